The zero-order chi connectivity index (χ0) is 9.68. The lowest BCUT2D eigenvalue weighted by Crippen LogP contribution is -2.29. The zero-order valence-corrected chi connectivity index (χ0v) is 8.76. The first-order chi connectivity index (χ1) is 6.24. The van der Waals surface area contributed by atoms with Crippen LogP contribution in [0.1, 0.15) is 13.3 Å². The highest BCUT2D eigenvalue weighted by atomic mass is 32.2. The van der Waals surface area contributed by atoms with Gasteiger partial charge in [-0.15, -0.1) is 0 Å². The Hall–Kier alpha value is -0.640. The number of hydrogen-bond donors (Lipinski definition) is 1. The van der Waals surface area contributed by atoms with Crippen molar-refractivity contribution in [3.63, 3.8) is 0 Å². The molecule has 1 heterocycles. The summed E-state index contributed by atoms with van der Waals surface area (Å²) in [5, 5.41) is 3.82. The Morgan fingerprint density at radius 3 is 3.00 bits per heavy atom. The minimum atomic E-state index is -0.314. The van der Waals surface area contributed by atoms with E-state index in [1.54, 1.807) is 6.20 Å². The minimum absolute atomic E-state index is 0.314. The molecule has 0 aromatic heterocycles. The van der Waals surface area contributed by atoms with Crippen molar-refractivity contribution in [2.75, 3.05) is 12.9 Å². The number of rotatable bonds is 3. The molecule has 13 heavy (non-hydrogen) atoms. The molecule has 0 aromatic carbocycles. The second kappa shape index (κ2) is 5.17. The van der Waals surface area contributed by atoms with Crippen LogP contribution in [0.25, 0.3) is 0 Å². The van der Waals surface area contributed by atoms with Crippen molar-refractivity contribution in [3.05, 3.63) is 12.3 Å². The fraction of sp³-hybridized carbons (Fsp3) is 0.667. The van der Waals surface area contributed by atoms with Crippen LogP contribution in [0.2, 0.25) is 0 Å². The summed E-state index contributed by atoms with van der Waals surface area (Å²) in [4.78, 5) is 10.7. The lowest BCUT2D eigenvalue weighted by molar-refractivity contribution is -0.134. The predicted octanol–water partition coefficient (Wildman–Crippen LogP) is 1.16. The Bertz CT molecular complexity index is 206. The maximum atomic E-state index is 10.7. The molecule has 2 atom stereocenters. The van der Waals surface area contributed by atoms with Gasteiger partial charge in [0.2, 0.25) is 0 Å². The molecular weight excluding hydrogens is 186 g/mol. The number of nitrogens with one attached hydrogen (secondary N) is 1. The van der Waals surface area contributed by atoms with Gasteiger partial charge in [-0.1, -0.05) is 6.92 Å². The van der Waals surface area contributed by atoms with Gasteiger partial charge >= 0.3 is 5.97 Å². The Labute approximate surface area is 82.9 Å². The molecule has 1 aliphatic heterocycles. The normalized spacial score (nSPS) is 27.8. The summed E-state index contributed by atoms with van der Waals surface area (Å²) >= 11 is 1.96. The van der Waals surface area contributed by atoms with Gasteiger partial charge in [0.15, 0.2) is 0 Å². The van der Waals surface area contributed by atoms with Gasteiger partial charge in [-0.05, 0) is 12.2 Å². The first-order valence-electron chi connectivity index (χ1n) is 4.36. The molecule has 4 heteroatoms. The van der Waals surface area contributed by atoms with Crippen molar-refractivity contribution in [1.29, 1.82) is 0 Å². The predicted molar refractivity (Wildman–Crippen MR) is 54.6 cm³/mol. The van der Waals surface area contributed by atoms with E-state index in [2.05, 4.69) is 17.0 Å². The monoisotopic (exact) mass is 201 g/mol. The van der Waals surface area contributed by atoms with E-state index in [1.165, 1.54) is 18.9 Å². The van der Waals surface area contributed by atoms with Crippen LogP contribution in [0, 0.1) is 0 Å². The molecule has 1 fully saturated rings. The fourth-order valence-corrected chi connectivity index (χ4v) is 2.47. The highest BCUT2D eigenvalue weighted by molar-refractivity contribution is 8.00. The number of hydrogen-bond acceptors (Lipinski definition) is 4. The molecule has 3 nitrogen and oxygen atoms in total. The Balaban J connectivity index is 2.25. The average molecular weight is 201 g/mol. The summed E-state index contributed by atoms with van der Waals surface area (Å²) < 4.78 is 4.47. The van der Waals surface area contributed by atoms with Gasteiger partial charge in [0.05, 0.1) is 7.11 Å². The second-order valence-corrected chi connectivity index (χ2v) is 4.48. The molecule has 2 unspecified atom stereocenters. The molecule has 1 saturated heterocycles. The van der Waals surface area contributed by atoms with E-state index in [0.29, 0.717) is 11.3 Å². The Morgan fingerprint density at radius 1 is 1.69 bits per heavy atom. The van der Waals surface area contributed by atoms with Crippen LogP contribution in [0.3, 0.4) is 0 Å². The number of methoxy groups -OCH3 is 1. The zero-order valence-electron chi connectivity index (χ0n) is 7.95. The van der Waals surface area contributed by atoms with Crippen LogP contribution < -0.4 is 5.32 Å². The maximum Gasteiger partial charge on any atom is 0.331 e. The number of ether oxygens (including phenoxy) is 1. The van der Waals surface area contributed by atoms with Crippen LogP contribution in [-0.4, -0.2) is 30.1 Å². The minimum Gasteiger partial charge on any atom is -0.466 e. The van der Waals surface area contributed by atoms with Gasteiger partial charge < -0.3 is 10.1 Å². The van der Waals surface area contributed by atoms with Gasteiger partial charge in [-0.25, -0.2) is 4.79 Å². The van der Waals surface area contributed by atoms with Gasteiger partial charge in [0.1, 0.15) is 0 Å². The second-order valence-electron chi connectivity index (χ2n) is 2.99. The summed E-state index contributed by atoms with van der Waals surface area (Å²) in [6.07, 6.45) is 4.26. The largest absolute Gasteiger partial charge is 0.466 e. The number of carbonyl (C=O) groups is 1. The van der Waals surface area contributed by atoms with Crippen LogP contribution in [0.5, 0.6) is 0 Å². The fourth-order valence-electron chi connectivity index (χ4n) is 1.26. The SMILES string of the molecule is COC(=O)/C=C/NC1CCSC1C. The average Bonchev–Trinajstić information content (AvgIpc) is 2.52. The van der Waals surface area contributed by atoms with E-state index in [4.69, 9.17) is 0 Å². The smallest absolute Gasteiger partial charge is 0.331 e. The van der Waals surface area contributed by atoms with E-state index in [9.17, 15) is 4.79 Å². The van der Waals surface area contributed by atoms with Crippen molar-refractivity contribution in [1.82, 2.24) is 5.32 Å². The van der Waals surface area contributed by atoms with Crippen LogP contribution >= 0.6 is 11.8 Å². The third kappa shape index (κ3) is 3.30. The van der Waals surface area contributed by atoms with Crippen molar-refractivity contribution >= 4 is 17.7 Å². The molecule has 0 saturated carbocycles. The van der Waals surface area contributed by atoms with Gasteiger partial charge in [-0.3, -0.25) is 0 Å². The Morgan fingerprint density at radius 2 is 2.46 bits per heavy atom. The van der Waals surface area contributed by atoms with Crippen LogP contribution in [0.15, 0.2) is 12.3 Å². The van der Waals surface area contributed by atoms with E-state index in [0.717, 1.165) is 6.42 Å². The first kappa shape index (κ1) is 10.4. The summed E-state index contributed by atoms with van der Waals surface area (Å²) in [6, 6.07) is 0.492. The molecule has 1 rings (SSSR count). The van der Waals surface area contributed by atoms with Gasteiger partial charge in [-0.2, -0.15) is 11.8 Å². The summed E-state index contributed by atoms with van der Waals surface area (Å²) in [5.74, 6) is 0.885. The van der Waals surface area contributed by atoms with Crippen molar-refractivity contribution < 1.29 is 9.53 Å². The number of carbonyl (C=O) groups excluding carboxylic acids is 1. The lowest BCUT2D eigenvalue weighted by atomic mass is 10.2. The summed E-state index contributed by atoms with van der Waals surface area (Å²) in [7, 11) is 1.38. The molecule has 1 N–H and O–H groups in total. The molecule has 0 spiro atoms. The molecule has 0 aliphatic carbocycles. The van der Waals surface area contributed by atoms with Crippen LogP contribution in [0.4, 0.5) is 0 Å². The molecule has 1 aliphatic rings. The highest BCUT2D eigenvalue weighted by Gasteiger charge is 2.22. The molecule has 0 amide bonds. The lowest BCUT2D eigenvalue weighted by Gasteiger charge is -2.13. The quantitative estimate of drug-likeness (QED) is 0.549. The highest BCUT2D eigenvalue weighted by Crippen LogP contribution is 2.25. The number of esters is 1. The van der Waals surface area contributed by atoms with Gasteiger partial charge in [0.25, 0.3) is 0 Å². The maximum absolute atomic E-state index is 10.7. The molecule has 0 aromatic rings. The van der Waals surface area contributed by atoms with Gasteiger partial charge in [0, 0.05) is 23.6 Å². The summed E-state index contributed by atoms with van der Waals surface area (Å²) in [5.41, 5.74) is 0. The van der Waals surface area contributed by atoms with E-state index < -0.39 is 0 Å². The first-order valence-corrected chi connectivity index (χ1v) is 5.41. The van der Waals surface area contributed by atoms with E-state index in [-0.39, 0.29) is 5.97 Å². The van der Waals surface area contributed by atoms with Crippen LogP contribution in [-0.2, 0) is 9.53 Å². The summed E-state index contributed by atoms with van der Waals surface area (Å²) in [6.45, 7) is 2.20. The van der Waals surface area contributed by atoms with Crippen molar-refractivity contribution in [2.45, 2.75) is 24.6 Å². The Kier molecular flexibility index (Phi) is 4.15. The standard InChI is InChI=1S/C9H15NO2S/c1-7-8(4-6-13-7)10-5-3-9(11)12-2/h3,5,7-8,10H,4,6H2,1-2H3/b5-3+. The molecular formula is C9H15NO2S. The third-order valence-electron chi connectivity index (χ3n) is 2.11. The molecule has 74 valence electrons. The van der Waals surface area contributed by atoms with Crippen molar-refractivity contribution in [2.24, 2.45) is 0 Å². The van der Waals surface area contributed by atoms with E-state index >= 15 is 0 Å². The topological polar surface area (TPSA) is 38.3 Å². The van der Waals surface area contributed by atoms with Crippen molar-refractivity contribution in [3.8, 4) is 0 Å². The third-order valence-corrected chi connectivity index (χ3v) is 3.43. The molecule has 0 radical (unpaired) electrons. The molecule has 0 bridgehead atoms. The number of thioether (sulfide) groups is 1. The van der Waals surface area contributed by atoms with E-state index in [1.807, 2.05) is 11.8 Å².